The van der Waals surface area contributed by atoms with E-state index < -0.39 is 18.3 Å². The molecule has 2 aromatic heterocycles. The molecule has 21 heavy (non-hydrogen) atoms. The van der Waals surface area contributed by atoms with Crippen LogP contribution in [0.5, 0.6) is 0 Å². The molecule has 0 aliphatic rings. The van der Waals surface area contributed by atoms with Crippen LogP contribution in [0, 0.1) is 6.92 Å². The summed E-state index contributed by atoms with van der Waals surface area (Å²) in [6.45, 7) is 0.717. The minimum Gasteiger partial charge on any atom is -0.377 e. The van der Waals surface area contributed by atoms with Crippen LogP contribution in [-0.2, 0) is 13.1 Å². The zero-order valence-electron chi connectivity index (χ0n) is 10.7. The van der Waals surface area contributed by atoms with Crippen LogP contribution in [0.25, 0.3) is 0 Å². The summed E-state index contributed by atoms with van der Waals surface area (Å²) in [5, 5.41) is 6.02. The predicted molar refractivity (Wildman–Crippen MR) is 73.7 cm³/mol. The summed E-state index contributed by atoms with van der Waals surface area (Å²) >= 11 is 7.21. The second-order valence-electron chi connectivity index (χ2n) is 4.16. The van der Waals surface area contributed by atoms with Gasteiger partial charge in [0.15, 0.2) is 0 Å². The van der Waals surface area contributed by atoms with E-state index in [1.807, 2.05) is 6.92 Å². The van der Waals surface area contributed by atoms with Gasteiger partial charge in [-0.05, 0) is 6.92 Å². The zero-order valence-corrected chi connectivity index (χ0v) is 12.3. The second kappa shape index (κ2) is 6.02. The Labute approximate surface area is 126 Å². The molecular formula is C11H10ClF3N4OS. The summed E-state index contributed by atoms with van der Waals surface area (Å²) in [7, 11) is 0. The highest BCUT2D eigenvalue weighted by molar-refractivity contribution is 7.09. The molecule has 10 heteroatoms. The predicted octanol–water partition coefficient (Wildman–Crippen LogP) is 2.84. The van der Waals surface area contributed by atoms with Gasteiger partial charge >= 0.3 is 6.18 Å². The Morgan fingerprint density at radius 1 is 1.48 bits per heavy atom. The lowest BCUT2D eigenvalue weighted by molar-refractivity contribution is -0.143. The van der Waals surface area contributed by atoms with Gasteiger partial charge in [-0.1, -0.05) is 11.6 Å². The molecule has 0 unspecified atom stereocenters. The van der Waals surface area contributed by atoms with Gasteiger partial charge in [0.05, 0.1) is 29.6 Å². The molecule has 0 fully saturated rings. The maximum atomic E-state index is 12.3. The lowest BCUT2D eigenvalue weighted by Crippen LogP contribution is -2.30. The summed E-state index contributed by atoms with van der Waals surface area (Å²) in [6, 6.07) is 0. The molecule has 0 saturated carbocycles. The molecule has 0 amide bonds. The van der Waals surface area contributed by atoms with Gasteiger partial charge < -0.3 is 5.32 Å². The van der Waals surface area contributed by atoms with Crippen LogP contribution in [0.15, 0.2) is 16.5 Å². The largest absolute Gasteiger partial charge is 0.408 e. The molecule has 0 radical (unpaired) electrons. The van der Waals surface area contributed by atoms with Gasteiger partial charge in [0.2, 0.25) is 0 Å². The Kier molecular flexibility index (Phi) is 4.52. The first kappa shape index (κ1) is 15.8. The summed E-state index contributed by atoms with van der Waals surface area (Å²) in [5.41, 5.74) is 1.71. The van der Waals surface area contributed by atoms with Crippen LogP contribution < -0.4 is 10.9 Å². The monoisotopic (exact) mass is 338 g/mol. The molecule has 114 valence electrons. The fraction of sp³-hybridized carbons (Fsp3) is 0.364. The van der Waals surface area contributed by atoms with Gasteiger partial charge in [-0.15, -0.1) is 11.3 Å². The van der Waals surface area contributed by atoms with E-state index in [9.17, 15) is 18.0 Å². The highest BCUT2D eigenvalue weighted by Gasteiger charge is 2.29. The zero-order chi connectivity index (χ0) is 15.6. The third kappa shape index (κ3) is 3.94. The van der Waals surface area contributed by atoms with Crippen molar-refractivity contribution in [2.45, 2.75) is 26.2 Å². The molecule has 0 bridgehead atoms. The van der Waals surface area contributed by atoms with Gasteiger partial charge in [-0.25, -0.2) is 9.67 Å². The molecule has 0 atom stereocenters. The van der Waals surface area contributed by atoms with Crippen LogP contribution in [-0.4, -0.2) is 20.9 Å². The fourth-order valence-electron chi connectivity index (χ4n) is 1.54. The number of anilines is 1. The minimum absolute atomic E-state index is 0.188. The Hall–Kier alpha value is -1.61. The lowest BCUT2D eigenvalue weighted by Gasteiger charge is -2.11. The molecular weight excluding hydrogens is 329 g/mol. The number of thiazole rings is 1. The van der Waals surface area contributed by atoms with Gasteiger partial charge in [-0.3, -0.25) is 4.79 Å². The Bertz CT molecular complexity index is 698. The standard InChI is InChI=1S/C11H10ClF3N4OS/c1-6-8(21-5-17-6)3-16-7-2-18-19(4-11(13,14)15)10(20)9(7)12/h2,5,16H,3-4H2,1H3. The molecule has 0 aliphatic heterocycles. The van der Waals surface area contributed by atoms with Gasteiger partial charge in [-0.2, -0.15) is 18.3 Å². The lowest BCUT2D eigenvalue weighted by atomic mass is 10.3. The van der Waals surface area contributed by atoms with Crippen LogP contribution >= 0.6 is 22.9 Å². The number of aromatic nitrogens is 3. The average molecular weight is 339 g/mol. The van der Waals surface area contributed by atoms with Crippen molar-refractivity contribution in [3.05, 3.63) is 37.7 Å². The van der Waals surface area contributed by atoms with Gasteiger partial charge in [0, 0.05) is 4.88 Å². The topological polar surface area (TPSA) is 59.8 Å². The Balaban J connectivity index is 2.17. The molecule has 2 heterocycles. The maximum absolute atomic E-state index is 12.3. The van der Waals surface area contributed by atoms with Crippen molar-refractivity contribution in [1.82, 2.24) is 14.8 Å². The van der Waals surface area contributed by atoms with Crippen molar-refractivity contribution < 1.29 is 13.2 Å². The number of hydrogen-bond acceptors (Lipinski definition) is 5. The molecule has 0 saturated heterocycles. The van der Waals surface area contributed by atoms with E-state index in [1.54, 1.807) is 5.51 Å². The summed E-state index contributed by atoms with van der Waals surface area (Å²) in [5.74, 6) is 0. The SMILES string of the molecule is Cc1ncsc1CNc1cnn(CC(F)(F)F)c(=O)c1Cl. The normalized spacial score (nSPS) is 11.7. The fourth-order valence-corrected chi connectivity index (χ4v) is 2.47. The van der Waals surface area contributed by atoms with Crippen molar-refractivity contribution in [3.63, 3.8) is 0 Å². The van der Waals surface area contributed by atoms with Crippen molar-refractivity contribution >= 4 is 28.6 Å². The minimum atomic E-state index is -4.53. The smallest absolute Gasteiger partial charge is 0.377 e. The highest BCUT2D eigenvalue weighted by Crippen LogP contribution is 2.20. The number of alkyl halides is 3. The summed E-state index contributed by atoms with van der Waals surface area (Å²) in [4.78, 5) is 16.7. The third-order valence-electron chi connectivity index (χ3n) is 2.60. The summed E-state index contributed by atoms with van der Waals surface area (Å²) < 4.78 is 37.1. The van der Waals surface area contributed by atoms with Crippen molar-refractivity contribution in [3.8, 4) is 0 Å². The number of hydrogen-bond donors (Lipinski definition) is 1. The molecule has 0 spiro atoms. The number of rotatable bonds is 4. The van der Waals surface area contributed by atoms with Gasteiger partial charge in [0.1, 0.15) is 11.6 Å². The van der Waals surface area contributed by atoms with Crippen LogP contribution in [0.3, 0.4) is 0 Å². The average Bonchev–Trinajstić information content (AvgIpc) is 2.78. The van der Waals surface area contributed by atoms with Crippen molar-refractivity contribution in [2.24, 2.45) is 0 Å². The van der Waals surface area contributed by atoms with E-state index in [0.717, 1.165) is 16.8 Å². The third-order valence-corrected chi connectivity index (χ3v) is 3.90. The molecule has 5 nitrogen and oxygen atoms in total. The van der Waals surface area contributed by atoms with Crippen LogP contribution in [0.2, 0.25) is 5.02 Å². The van der Waals surface area contributed by atoms with Crippen LogP contribution in [0.4, 0.5) is 18.9 Å². The number of nitrogens with zero attached hydrogens (tertiary/aromatic N) is 3. The van der Waals surface area contributed by atoms with E-state index in [2.05, 4.69) is 15.4 Å². The number of aryl methyl sites for hydroxylation is 1. The molecule has 2 rings (SSSR count). The Morgan fingerprint density at radius 3 is 2.76 bits per heavy atom. The van der Waals surface area contributed by atoms with E-state index in [1.165, 1.54) is 11.3 Å². The Morgan fingerprint density at radius 2 is 2.19 bits per heavy atom. The van der Waals surface area contributed by atoms with Crippen molar-refractivity contribution in [2.75, 3.05) is 5.32 Å². The number of nitrogens with one attached hydrogen (secondary N) is 1. The van der Waals surface area contributed by atoms with E-state index in [-0.39, 0.29) is 15.4 Å². The van der Waals surface area contributed by atoms with E-state index in [0.29, 0.717) is 6.54 Å². The number of halogens is 4. The first-order chi connectivity index (χ1) is 9.78. The molecule has 0 aliphatic carbocycles. The maximum Gasteiger partial charge on any atom is 0.408 e. The van der Waals surface area contributed by atoms with Crippen molar-refractivity contribution in [1.29, 1.82) is 0 Å². The first-order valence-corrected chi connectivity index (χ1v) is 6.99. The molecule has 0 aromatic carbocycles. The first-order valence-electron chi connectivity index (χ1n) is 5.73. The highest BCUT2D eigenvalue weighted by atomic mass is 35.5. The second-order valence-corrected chi connectivity index (χ2v) is 5.48. The van der Waals surface area contributed by atoms with E-state index >= 15 is 0 Å². The quantitative estimate of drug-likeness (QED) is 0.931. The van der Waals surface area contributed by atoms with Gasteiger partial charge in [0.25, 0.3) is 5.56 Å². The van der Waals surface area contributed by atoms with Crippen LogP contribution in [0.1, 0.15) is 10.6 Å². The molecule has 2 aromatic rings. The molecule has 1 N–H and O–H groups in total. The summed E-state index contributed by atoms with van der Waals surface area (Å²) in [6.07, 6.45) is -3.43. The van der Waals surface area contributed by atoms with E-state index in [4.69, 9.17) is 11.6 Å².